The number of rotatable bonds is 3. The number of ether oxygens (including phenoxy) is 1. The van der Waals surface area contributed by atoms with Gasteiger partial charge < -0.3 is 9.64 Å². The predicted molar refractivity (Wildman–Crippen MR) is 116 cm³/mol. The van der Waals surface area contributed by atoms with Crippen molar-refractivity contribution in [1.82, 2.24) is 19.1 Å². The third kappa shape index (κ3) is 2.83. The van der Waals surface area contributed by atoms with Crippen LogP contribution in [0.3, 0.4) is 0 Å². The van der Waals surface area contributed by atoms with Crippen molar-refractivity contribution in [3.8, 4) is 0 Å². The van der Waals surface area contributed by atoms with Crippen molar-refractivity contribution in [3.05, 3.63) is 23.9 Å². The fourth-order valence-electron chi connectivity index (χ4n) is 4.26. The number of hydrogen-bond acceptors (Lipinski definition) is 7. The maximum atomic E-state index is 13.1. The molecule has 0 bridgehead atoms. The lowest BCUT2D eigenvalue weighted by atomic mass is 10.1. The number of hydrogen-bond donors (Lipinski definition) is 0. The van der Waals surface area contributed by atoms with Gasteiger partial charge in [0.25, 0.3) is 0 Å². The Morgan fingerprint density at radius 1 is 1.27 bits per heavy atom. The molecule has 0 radical (unpaired) electrons. The molecular weight excluding hydrogens is 406 g/mol. The molecule has 0 N–H and O–H groups in total. The Hall–Kier alpha value is -2.50. The first-order valence-corrected chi connectivity index (χ1v) is 11.5. The molecule has 5 heterocycles. The van der Waals surface area contributed by atoms with E-state index in [1.165, 1.54) is 8.61 Å². The Labute approximate surface area is 175 Å². The third-order valence-electron chi connectivity index (χ3n) is 5.80. The van der Waals surface area contributed by atoms with Gasteiger partial charge in [-0.25, -0.2) is 4.98 Å². The Morgan fingerprint density at radius 3 is 2.80 bits per heavy atom. The molecule has 0 unspecified atom stereocenters. The van der Waals surface area contributed by atoms with Crippen LogP contribution in [0.1, 0.15) is 12.5 Å². The second-order valence-corrected chi connectivity index (χ2v) is 9.95. The Bertz CT molecular complexity index is 1170. The van der Waals surface area contributed by atoms with Crippen LogP contribution in [-0.4, -0.2) is 86.3 Å². The van der Waals surface area contributed by atoms with Gasteiger partial charge in [0.05, 0.1) is 43.1 Å². The fraction of sp³-hybridized carbons (Fsp3) is 0.526. The van der Waals surface area contributed by atoms with Crippen molar-refractivity contribution in [1.29, 1.82) is 0 Å². The van der Waals surface area contributed by atoms with E-state index in [0.29, 0.717) is 56.4 Å². The number of pyridine rings is 1. The monoisotopic (exact) mass is 431 g/mol. The van der Waals surface area contributed by atoms with Crippen molar-refractivity contribution >= 4 is 38.6 Å². The summed E-state index contributed by atoms with van der Waals surface area (Å²) in [5.74, 6) is 1.52. The molecule has 3 aliphatic rings. The van der Waals surface area contributed by atoms with Crippen LogP contribution in [-0.2, 0) is 21.4 Å². The summed E-state index contributed by atoms with van der Waals surface area (Å²) in [6, 6.07) is 0.146. The Kier molecular flexibility index (Phi) is 4.56. The second kappa shape index (κ2) is 7.03. The van der Waals surface area contributed by atoms with Gasteiger partial charge >= 0.3 is 10.2 Å². The smallest absolute Gasteiger partial charge is 0.303 e. The summed E-state index contributed by atoms with van der Waals surface area (Å²) in [6.45, 7) is 5.03. The molecule has 0 spiro atoms. The number of anilines is 2. The van der Waals surface area contributed by atoms with Crippen molar-refractivity contribution in [3.63, 3.8) is 0 Å². The highest BCUT2D eigenvalue weighted by atomic mass is 32.2. The van der Waals surface area contributed by atoms with E-state index in [1.807, 2.05) is 12.2 Å². The molecule has 0 aliphatic carbocycles. The molecule has 2 aromatic heterocycles. The molecule has 2 aromatic rings. The largest absolute Gasteiger partial charge is 0.377 e. The molecule has 1 saturated heterocycles. The van der Waals surface area contributed by atoms with E-state index in [4.69, 9.17) is 9.72 Å². The SMILES string of the molecule is C[C@@H]1COCCN1c1nc2c(cnn2C2=NCC=C2)c2c1CCN2S(=O)(=O)N(C)C. The number of aromatic nitrogens is 3. The molecular formula is C19H25N7O3S. The molecule has 3 aliphatic heterocycles. The quantitative estimate of drug-likeness (QED) is 0.708. The van der Waals surface area contributed by atoms with Crippen LogP contribution in [0.5, 0.6) is 0 Å². The van der Waals surface area contributed by atoms with E-state index < -0.39 is 10.2 Å². The van der Waals surface area contributed by atoms with Gasteiger partial charge in [0, 0.05) is 32.7 Å². The predicted octanol–water partition coefficient (Wildman–Crippen LogP) is 0.642. The zero-order valence-corrected chi connectivity index (χ0v) is 18.1. The molecule has 30 heavy (non-hydrogen) atoms. The van der Waals surface area contributed by atoms with E-state index in [2.05, 4.69) is 21.9 Å². The summed E-state index contributed by atoms with van der Waals surface area (Å²) in [5.41, 5.74) is 2.25. The minimum Gasteiger partial charge on any atom is -0.377 e. The molecule has 11 heteroatoms. The van der Waals surface area contributed by atoms with Crippen molar-refractivity contribution < 1.29 is 13.2 Å². The van der Waals surface area contributed by atoms with E-state index in [0.717, 1.165) is 16.8 Å². The van der Waals surface area contributed by atoms with Crippen LogP contribution in [0.4, 0.5) is 11.5 Å². The van der Waals surface area contributed by atoms with Crippen LogP contribution >= 0.6 is 0 Å². The standard InChI is InChI=1S/C19H25N7O3S/c1-13-12-29-10-9-24(13)18-14-6-8-25(30(27,28)23(2)3)17(14)15-11-21-26(19(15)22-18)16-5-4-7-20-16/h4-5,11,13H,6-10,12H2,1-3H3/t13-/m1/s1. The van der Waals surface area contributed by atoms with E-state index >= 15 is 0 Å². The average molecular weight is 432 g/mol. The van der Waals surface area contributed by atoms with Crippen molar-refractivity contribution in [2.75, 3.05) is 56.1 Å². The van der Waals surface area contributed by atoms with Crippen LogP contribution < -0.4 is 9.21 Å². The maximum Gasteiger partial charge on any atom is 0.303 e. The molecule has 0 amide bonds. The van der Waals surface area contributed by atoms with Gasteiger partial charge in [0.2, 0.25) is 0 Å². The minimum atomic E-state index is -3.64. The lowest BCUT2D eigenvalue weighted by Gasteiger charge is -2.35. The van der Waals surface area contributed by atoms with Crippen LogP contribution in [0.25, 0.3) is 11.0 Å². The van der Waals surface area contributed by atoms with E-state index in [9.17, 15) is 8.42 Å². The molecule has 0 saturated carbocycles. The first-order chi connectivity index (χ1) is 14.4. The zero-order chi connectivity index (χ0) is 21.0. The number of nitrogens with zero attached hydrogens (tertiary/aromatic N) is 7. The summed E-state index contributed by atoms with van der Waals surface area (Å²) in [6.07, 6.45) is 6.18. The van der Waals surface area contributed by atoms with Gasteiger partial charge in [-0.2, -0.15) is 22.5 Å². The Balaban J connectivity index is 1.77. The molecule has 1 fully saturated rings. The van der Waals surface area contributed by atoms with Gasteiger partial charge in [0.15, 0.2) is 11.5 Å². The van der Waals surface area contributed by atoms with Crippen LogP contribution in [0.2, 0.25) is 0 Å². The van der Waals surface area contributed by atoms with Gasteiger partial charge in [-0.3, -0.25) is 9.30 Å². The highest BCUT2D eigenvalue weighted by Gasteiger charge is 2.38. The van der Waals surface area contributed by atoms with Crippen LogP contribution in [0, 0.1) is 0 Å². The highest BCUT2D eigenvalue weighted by Crippen LogP contribution is 2.42. The summed E-state index contributed by atoms with van der Waals surface area (Å²) in [5, 5.41) is 5.24. The second-order valence-electron chi connectivity index (χ2n) is 7.89. The van der Waals surface area contributed by atoms with Gasteiger partial charge in [0.1, 0.15) is 5.82 Å². The lowest BCUT2D eigenvalue weighted by molar-refractivity contribution is 0.0985. The number of aliphatic imine (C=N–C) groups is 1. The van der Waals surface area contributed by atoms with Crippen molar-refractivity contribution in [2.24, 2.45) is 4.99 Å². The molecule has 0 aromatic carbocycles. The van der Waals surface area contributed by atoms with E-state index in [1.54, 1.807) is 25.0 Å². The van der Waals surface area contributed by atoms with Gasteiger partial charge in [-0.15, -0.1) is 0 Å². The molecule has 5 rings (SSSR count). The first kappa shape index (κ1) is 19.5. The summed E-state index contributed by atoms with van der Waals surface area (Å²) in [4.78, 5) is 11.7. The molecule has 10 nitrogen and oxygen atoms in total. The van der Waals surface area contributed by atoms with E-state index in [-0.39, 0.29) is 6.04 Å². The zero-order valence-electron chi connectivity index (χ0n) is 17.3. The normalized spacial score (nSPS) is 21.7. The minimum absolute atomic E-state index is 0.146. The number of fused-ring (bicyclic) bond motifs is 3. The summed E-state index contributed by atoms with van der Waals surface area (Å²) < 4.78 is 36.2. The molecule has 160 valence electrons. The maximum absolute atomic E-state index is 13.1. The number of allylic oxidation sites excluding steroid dienone is 1. The fourth-order valence-corrected chi connectivity index (χ4v) is 5.42. The third-order valence-corrected chi connectivity index (χ3v) is 7.65. The van der Waals surface area contributed by atoms with Gasteiger partial charge in [-0.05, 0) is 19.4 Å². The molecule has 1 atom stereocenters. The van der Waals surface area contributed by atoms with Crippen molar-refractivity contribution in [2.45, 2.75) is 19.4 Å². The van der Waals surface area contributed by atoms with Crippen LogP contribution in [0.15, 0.2) is 23.3 Å². The lowest BCUT2D eigenvalue weighted by Crippen LogP contribution is -2.44. The topological polar surface area (TPSA) is 96.2 Å². The summed E-state index contributed by atoms with van der Waals surface area (Å²) >= 11 is 0. The summed E-state index contributed by atoms with van der Waals surface area (Å²) in [7, 11) is -0.530. The first-order valence-electron chi connectivity index (χ1n) is 10.1. The Morgan fingerprint density at radius 2 is 2.10 bits per heavy atom. The van der Waals surface area contributed by atoms with Gasteiger partial charge in [-0.1, -0.05) is 6.08 Å². The number of morpholine rings is 1. The average Bonchev–Trinajstić information content (AvgIpc) is 3.45. The highest BCUT2D eigenvalue weighted by molar-refractivity contribution is 7.90.